The van der Waals surface area contributed by atoms with Crippen molar-refractivity contribution in [2.75, 3.05) is 4.90 Å². The Balaban J connectivity index is 1.11. The molecule has 320 valence electrons. The van der Waals surface area contributed by atoms with Crippen LogP contribution in [0.25, 0.3) is 60.9 Å². The lowest BCUT2D eigenvalue weighted by Crippen LogP contribution is -2.22. The van der Waals surface area contributed by atoms with Gasteiger partial charge in [0.15, 0.2) is 0 Å². The number of nitrogens with zero attached hydrogens (tertiary/aromatic N) is 2. The molecule has 0 spiro atoms. The lowest BCUT2D eigenvalue weighted by molar-refractivity contribution is 0.131. The van der Waals surface area contributed by atoms with Gasteiger partial charge < -0.3 is 14.2 Å². The monoisotopic (exact) mass is 836 g/mol. The number of para-hydroxylation sites is 1. The third-order valence-electron chi connectivity index (χ3n) is 12.4. The second kappa shape index (κ2) is 17.4. The molecule has 8 aromatic carbocycles. The Hall–Kier alpha value is -6.84. The highest BCUT2D eigenvalue weighted by molar-refractivity contribution is 6.11. The molecular formula is C61H60N2O. The molecule has 1 aromatic heterocycles. The molecule has 3 nitrogen and oxygen atoms in total. The predicted molar refractivity (Wildman–Crippen MR) is 274 cm³/mol. The molecule has 0 saturated heterocycles. The van der Waals surface area contributed by atoms with Crippen molar-refractivity contribution in [1.82, 2.24) is 4.57 Å². The van der Waals surface area contributed by atoms with Crippen LogP contribution in [0, 0.1) is 11.3 Å². The van der Waals surface area contributed by atoms with Crippen LogP contribution in [-0.2, 0) is 0 Å². The highest BCUT2D eigenvalue weighted by Gasteiger charge is 2.27. The van der Waals surface area contributed by atoms with Crippen molar-refractivity contribution < 1.29 is 4.74 Å². The third kappa shape index (κ3) is 8.99. The number of anilines is 3. The summed E-state index contributed by atoms with van der Waals surface area (Å²) in [6.07, 6.45) is 1.18. The lowest BCUT2D eigenvalue weighted by Gasteiger charge is -2.32. The van der Waals surface area contributed by atoms with Gasteiger partial charge in [0.1, 0.15) is 11.4 Å². The van der Waals surface area contributed by atoms with Crippen molar-refractivity contribution in [2.24, 2.45) is 11.3 Å². The number of rotatable bonds is 11. The van der Waals surface area contributed by atoms with E-state index in [0.717, 1.165) is 28.5 Å². The summed E-state index contributed by atoms with van der Waals surface area (Å²) in [5.41, 5.74) is 15.3. The smallest absolute Gasteiger partial charge is 0.120 e. The summed E-state index contributed by atoms with van der Waals surface area (Å²) >= 11 is 0. The zero-order valence-corrected chi connectivity index (χ0v) is 38.6. The predicted octanol–water partition coefficient (Wildman–Crippen LogP) is 17.6. The average molecular weight is 837 g/mol. The summed E-state index contributed by atoms with van der Waals surface area (Å²) in [4.78, 5) is 2.33. The molecule has 1 atom stereocenters. The Morgan fingerprint density at radius 2 is 0.875 bits per heavy atom. The van der Waals surface area contributed by atoms with E-state index in [0.29, 0.717) is 11.8 Å². The quantitative estimate of drug-likeness (QED) is 0.129. The summed E-state index contributed by atoms with van der Waals surface area (Å²) in [6, 6.07) is 70.9. The Labute approximate surface area is 380 Å². The molecule has 3 heteroatoms. The average Bonchev–Trinajstić information content (AvgIpc) is 3.62. The van der Waals surface area contributed by atoms with Crippen LogP contribution < -0.4 is 9.64 Å². The highest BCUT2D eigenvalue weighted by Crippen LogP contribution is 2.42. The minimum absolute atomic E-state index is 0.192. The fraction of sp³-hybridized carbons (Fsp3) is 0.213. The summed E-state index contributed by atoms with van der Waals surface area (Å²) in [5, 5.41) is 2.45. The van der Waals surface area contributed by atoms with E-state index in [-0.39, 0.29) is 11.0 Å². The molecule has 64 heavy (non-hydrogen) atoms. The van der Waals surface area contributed by atoms with Gasteiger partial charge in [0, 0.05) is 33.5 Å². The van der Waals surface area contributed by atoms with E-state index in [1.807, 2.05) is 0 Å². The van der Waals surface area contributed by atoms with E-state index in [1.165, 1.54) is 67.2 Å². The van der Waals surface area contributed by atoms with Crippen molar-refractivity contribution in [3.05, 3.63) is 200 Å². The van der Waals surface area contributed by atoms with E-state index in [2.05, 4.69) is 259 Å². The highest BCUT2D eigenvalue weighted by atomic mass is 16.5. The van der Waals surface area contributed by atoms with E-state index in [1.54, 1.807) is 0 Å². The minimum Gasteiger partial charge on any atom is -0.488 e. The van der Waals surface area contributed by atoms with E-state index in [9.17, 15) is 0 Å². The number of benzene rings is 8. The van der Waals surface area contributed by atoms with Gasteiger partial charge in [-0.25, -0.2) is 0 Å². The van der Waals surface area contributed by atoms with Crippen LogP contribution in [0.3, 0.4) is 0 Å². The fourth-order valence-corrected chi connectivity index (χ4v) is 9.31. The topological polar surface area (TPSA) is 17.4 Å². The van der Waals surface area contributed by atoms with Crippen LogP contribution in [0.2, 0.25) is 0 Å². The molecule has 0 aliphatic rings. The summed E-state index contributed by atoms with van der Waals surface area (Å²) in [5.74, 6) is 2.01. The van der Waals surface area contributed by atoms with Gasteiger partial charge in [0.2, 0.25) is 0 Å². The van der Waals surface area contributed by atoms with Crippen LogP contribution in [0.15, 0.2) is 194 Å². The first kappa shape index (κ1) is 42.5. The molecule has 9 aromatic rings. The van der Waals surface area contributed by atoms with Crippen molar-refractivity contribution in [2.45, 2.75) is 73.3 Å². The Morgan fingerprint density at radius 1 is 0.453 bits per heavy atom. The maximum absolute atomic E-state index is 6.22. The zero-order valence-electron chi connectivity index (χ0n) is 38.6. The maximum atomic E-state index is 6.22. The third-order valence-corrected chi connectivity index (χ3v) is 12.4. The van der Waals surface area contributed by atoms with Crippen LogP contribution in [0.1, 0.15) is 73.3 Å². The van der Waals surface area contributed by atoms with Gasteiger partial charge in [-0.05, 0) is 168 Å². The van der Waals surface area contributed by atoms with Crippen molar-refractivity contribution >= 4 is 38.9 Å². The molecule has 9 rings (SSSR count). The molecule has 0 fully saturated rings. The maximum Gasteiger partial charge on any atom is 0.120 e. The molecule has 1 heterocycles. The normalized spacial score (nSPS) is 12.5. The summed E-state index contributed by atoms with van der Waals surface area (Å²) in [7, 11) is 0. The van der Waals surface area contributed by atoms with Gasteiger partial charge in [-0.15, -0.1) is 0 Å². The van der Waals surface area contributed by atoms with Crippen LogP contribution >= 0.6 is 0 Å². The van der Waals surface area contributed by atoms with Crippen molar-refractivity contribution in [1.29, 1.82) is 0 Å². The van der Waals surface area contributed by atoms with Gasteiger partial charge in [-0.2, -0.15) is 0 Å². The fourth-order valence-electron chi connectivity index (χ4n) is 9.31. The molecule has 0 saturated carbocycles. The van der Waals surface area contributed by atoms with Crippen molar-refractivity contribution in [3.63, 3.8) is 0 Å². The molecule has 0 aliphatic carbocycles. The second-order valence-corrected chi connectivity index (χ2v) is 19.8. The van der Waals surface area contributed by atoms with Crippen LogP contribution in [-0.4, -0.2) is 10.2 Å². The van der Waals surface area contributed by atoms with Gasteiger partial charge in [0.05, 0.1) is 11.0 Å². The van der Waals surface area contributed by atoms with Crippen molar-refractivity contribution in [3.8, 4) is 44.8 Å². The van der Waals surface area contributed by atoms with Gasteiger partial charge >= 0.3 is 0 Å². The molecule has 0 bridgehead atoms. The van der Waals surface area contributed by atoms with E-state index in [4.69, 9.17) is 4.74 Å². The molecule has 0 aliphatic heterocycles. The van der Waals surface area contributed by atoms with Crippen LogP contribution in [0.4, 0.5) is 17.1 Å². The standard InChI is InChI=1S/C61H60N2O/c1-42(2)39-57(60(3,4)5)47-21-19-45(20-22-47)48-27-37-58-55(40-48)56-41-49(28-38-59(56)63(58)53-33-35-54(36-34-53)64-61(6,7)8)46-25-31-52(32-26-46)62(50-17-13-10-14-18-50)51-29-23-44(24-30-51)43-15-11-9-12-16-43/h9-38,40-42,57H,39H2,1-8H3. The van der Waals surface area contributed by atoms with E-state index >= 15 is 0 Å². The summed E-state index contributed by atoms with van der Waals surface area (Å²) < 4.78 is 8.62. The molecule has 1 unspecified atom stereocenters. The number of aromatic nitrogens is 1. The first-order chi connectivity index (χ1) is 30.8. The Kier molecular flexibility index (Phi) is 11.5. The van der Waals surface area contributed by atoms with Crippen LogP contribution in [0.5, 0.6) is 5.75 Å². The molecule has 0 amide bonds. The Bertz CT molecular complexity index is 2980. The van der Waals surface area contributed by atoms with Gasteiger partial charge in [-0.1, -0.05) is 144 Å². The summed E-state index contributed by atoms with van der Waals surface area (Å²) in [6.45, 7) is 18.0. The number of ether oxygens (including phenoxy) is 1. The number of fused-ring (bicyclic) bond motifs is 3. The van der Waals surface area contributed by atoms with Gasteiger partial charge in [0.25, 0.3) is 0 Å². The number of hydrogen-bond donors (Lipinski definition) is 0. The Morgan fingerprint density at radius 3 is 1.34 bits per heavy atom. The first-order valence-electron chi connectivity index (χ1n) is 22.9. The lowest BCUT2D eigenvalue weighted by atomic mass is 9.72. The van der Waals surface area contributed by atoms with E-state index < -0.39 is 0 Å². The molecule has 0 N–H and O–H groups in total. The largest absolute Gasteiger partial charge is 0.488 e. The van der Waals surface area contributed by atoms with Gasteiger partial charge in [-0.3, -0.25) is 0 Å². The zero-order chi connectivity index (χ0) is 44.6. The molecule has 0 radical (unpaired) electrons. The minimum atomic E-state index is -0.270. The SMILES string of the molecule is CC(C)CC(c1ccc(-c2ccc3c(c2)c2cc(-c4ccc(N(c5ccccc5)c5ccc(-c6ccccc6)cc5)cc4)ccc2n3-c2ccc(OC(C)(C)C)cc2)cc1)C(C)(C)C. The number of hydrogen-bond acceptors (Lipinski definition) is 2. The first-order valence-corrected chi connectivity index (χ1v) is 22.9. The molecular weight excluding hydrogens is 777 g/mol. The second-order valence-electron chi connectivity index (χ2n) is 19.8.